The molecule has 0 saturated heterocycles. The summed E-state index contributed by atoms with van der Waals surface area (Å²) in [6.07, 6.45) is 0. The molecule has 2 rings (SSSR count). The molecule has 1 aliphatic heterocycles. The molecule has 0 saturated carbocycles. The maximum atomic E-state index is 5.37. The van der Waals surface area contributed by atoms with E-state index in [4.69, 9.17) is 9.47 Å². The summed E-state index contributed by atoms with van der Waals surface area (Å²) in [6.45, 7) is 4.48. The molecule has 0 fully saturated rings. The van der Waals surface area contributed by atoms with Crippen molar-refractivity contribution in [3.05, 3.63) is 30.3 Å². The van der Waals surface area contributed by atoms with Crippen molar-refractivity contribution in [2.45, 2.75) is 0 Å². The van der Waals surface area contributed by atoms with E-state index in [2.05, 4.69) is 6.58 Å². The lowest BCUT2D eigenvalue weighted by molar-refractivity contribution is 0.379. The Morgan fingerprint density at radius 1 is 1.50 bits per heavy atom. The number of ether oxygens (including phenoxy) is 2. The predicted molar refractivity (Wildman–Crippen MR) is 47.5 cm³/mol. The Bertz CT molecular complexity index is 329. The van der Waals surface area contributed by atoms with Crippen LogP contribution in [0.4, 0.5) is 0 Å². The Morgan fingerprint density at radius 2 is 2.33 bits per heavy atom. The molecule has 1 heterocycles. The van der Waals surface area contributed by atoms with Crippen LogP contribution in [0.2, 0.25) is 0 Å². The second kappa shape index (κ2) is 2.55. The molecule has 0 radical (unpaired) electrons. The summed E-state index contributed by atoms with van der Waals surface area (Å²) in [4.78, 5) is 0. The molecule has 0 unspecified atom stereocenters. The molecular weight excluding hydrogens is 152 g/mol. The lowest BCUT2D eigenvalue weighted by Gasteiger charge is -2.01. The number of fused-ring (bicyclic) bond motifs is 1. The van der Waals surface area contributed by atoms with Crippen LogP contribution in [-0.4, -0.2) is 13.7 Å². The van der Waals surface area contributed by atoms with Gasteiger partial charge in [0.05, 0.1) is 7.11 Å². The van der Waals surface area contributed by atoms with E-state index in [0.717, 1.165) is 22.6 Å². The molecule has 62 valence electrons. The predicted octanol–water partition coefficient (Wildman–Crippen LogP) is 2.10. The van der Waals surface area contributed by atoms with E-state index in [1.54, 1.807) is 7.11 Å². The summed E-state index contributed by atoms with van der Waals surface area (Å²) in [7, 11) is 1.64. The first-order chi connectivity index (χ1) is 5.81. The highest BCUT2D eigenvalue weighted by atomic mass is 16.5. The van der Waals surface area contributed by atoms with Gasteiger partial charge in [0.1, 0.15) is 18.1 Å². The van der Waals surface area contributed by atoms with E-state index >= 15 is 0 Å². The first-order valence-corrected chi connectivity index (χ1v) is 3.80. The van der Waals surface area contributed by atoms with Crippen LogP contribution in [0, 0.1) is 0 Å². The zero-order valence-corrected chi connectivity index (χ0v) is 6.96. The van der Waals surface area contributed by atoms with Gasteiger partial charge < -0.3 is 9.47 Å². The lowest BCUT2D eigenvalue weighted by atomic mass is 10.1. The van der Waals surface area contributed by atoms with Gasteiger partial charge in [0, 0.05) is 11.6 Å². The zero-order chi connectivity index (χ0) is 8.55. The molecule has 12 heavy (non-hydrogen) atoms. The van der Waals surface area contributed by atoms with Crippen molar-refractivity contribution >= 4 is 5.57 Å². The van der Waals surface area contributed by atoms with Gasteiger partial charge in [0.25, 0.3) is 0 Å². The lowest BCUT2D eigenvalue weighted by Crippen LogP contribution is -1.86. The Labute approximate surface area is 71.4 Å². The quantitative estimate of drug-likeness (QED) is 0.629. The molecule has 2 nitrogen and oxygen atoms in total. The highest BCUT2D eigenvalue weighted by Gasteiger charge is 2.15. The summed E-state index contributed by atoms with van der Waals surface area (Å²) >= 11 is 0. The first-order valence-electron chi connectivity index (χ1n) is 3.80. The largest absolute Gasteiger partial charge is 0.497 e. The van der Waals surface area contributed by atoms with E-state index in [1.165, 1.54) is 0 Å². The highest BCUT2D eigenvalue weighted by Crippen LogP contribution is 2.34. The number of rotatable bonds is 1. The molecule has 1 aromatic carbocycles. The highest BCUT2D eigenvalue weighted by molar-refractivity contribution is 5.73. The number of hydrogen-bond donors (Lipinski definition) is 0. The molecule has 1 aromatic rings. The third kappa shape index (κ3) is 0.961. The van der Waals surface area contributed by atoms with Gasteiger partial charge in [0.2, 0.25) is 0 Å². The maximum absolute atomic E-state index is 5.37. The third-order valence-corrected chi connectivity index (χ3v) is 1.97. The molecule has 0 aromatic heterocycles. The van der Waals surface area contributed by atoms with Gasteiger partial charge >= 0.3 is 0 Å². The molecular formula is C10H10O2. The van der Waals surface area contributed by atoms with Gasteiger partial charge in [-0.05, 0) is 17.7 Å². The van der Waals surface area contributed by atoms with Crippen LogP contribution in [0.5, 0.6) is 11.5 Å². The smallest absolute Gasteiger partial charge is 0.131 e. The molecule has 0 spiro atoms. The second-order valence-corrected chi connectivity index (χ2v) is 2.75. The number of methoxy groups -OCH3 is 1. The van der Waals surface area contributed by atoms with Crippen molar-refractivity contribution in [2.24, 2.45) is 0 Å². The van der Waals surface area contributed by atoms with Crippen LogP contribution >= 0.6 is 0 Å². The van der Waals surface area contributed by atoms with Crippen LogP contribution in [0.3, 0.4) is 0 Å². The van der Waals surface area contributed by atoms with Crippen molar-refractivity contribution in [3.63, 3.8) is 0 Å². The fourth-order valence-electron chi connectivity index (χ4n) is 1.28. The SMILES string of the molecule is C=C1COc2cc(OC)ccc21. The topological polar surface area (TPSA) is 18.5 Å². The van der Waals surface area contributed by atoms with Crippen molar-refractivity contribution in [1.82, 2.24) is 0 Å². The number of benzene rings is 1. The Kier molecular flexibility index (Phi) is 1.54. The van der Waals surface area contributed by atoms with Gasteiger partial charge in [-0.2, -0.15) is 0 Å². The summed E-state index contributed by atoms with van der Waals surface area (Å²) in [6, 6.07) is 5.77. The number of hydrogen-bond acceptors (Lipinski definition) is 2. The first kappa shape index (κ1) is 7.22. The van der Waals surface area contributed by atoms with Crippen molar-refractivity contribution < 1.29 is 9.47 Å². The fraction of sp³-hybridized carbons (Fsp3) is 0.200. The molecule has 0 aliphatic carbocycles. The van der Waals surface area contributed by atoms with E-state index < -0.39 is 0 Å². The minimum atomic E-state index is 0.600. The van der Waals surface area contributed by atoms with Gasteiger partial charge in [-0.1, -0.05) is 6.58 Å². The molecule has 2 heteroatoms. The average molecular weight is 162 g/mol. The summed E-state index contributed by atoms with van der Waals surface area (Å²) in [5.74, 6) is 1.70. The second-order valence-electron chi connectivity index (χ2n) is 2.75. The Morgan fingerprint density at radius 3 is 3.08 bits per heavy atom. The van der Waals surface area contributed by atoms with E-state index in [9.17, 15) is 0 Å². The average Bonchev–Trinajstić information content (AvgIpc) is 2.47. The zero-order valence-electron chi connectivity index (χ0n) is 6.96. The van der Waals surface area contributed by atoms with Crippen molar-refractivity contribution in [1.29, 1.82) is 0 Å². The summed E-state index contributed by atoms with van der Waals surface area (Å²) in [5, 5.41) is 0. The molecule has 0 amide bonds. The van der Waals surface area contributed by atoms with Gasteiger partial charge in [0.15, 0.2) is 0 Å². The molecule has 0 atom stereocenters. The van der Waals surface area contributed by atoms with Crippen molar-refractivity contribution in [2.75, 3.05) is 13.7 Å². The van der Waals surface area contributed by atoms with E-state index in [-0.39, 0.29) is 0 Å². The van der Waals surface area contributed by atoms with E-state index in [1.807, 2.05) is 18.2 Å². The standard InChI is InChI=1S/C10H10O2/c1-7-6-12-10-5-8(11-2)3-4-9(7)10/h3-5H,1,6H2,2H3. The van der Waals surface area contributed by atoms with Gasteiger partial charge in [-0.15, -0.1) is 0 Å². The van der Waals surface area contributed by atoms with Gasteiger partial charge in [-0.3, -0.25) is 0 Å². The molecule has 0 N–H and O–H groups in total. The minimum Gasteiger partial charge on any atom is -0.497 e. The van der Waals surface area contributed by atoms with E-state index in [0.29, 0.717) is 6.61 Å². The monoisotopic (exact) mass is 162 g/mol. The molecule has 1 aliphatic rings. The minimum absolute atomic E-state index is 0.600. The summed E-state index contributed by atoms with van der Waals surface area (Å²) in [5.41, 5.74) is 2.13. The van der Waals surface area contributed by atoms with Gasteiger partial charge in [-0.25, -0.2) is 0 Å². The Hall–Kier alpha value is -1.44. The summed E-state index contributed by atoms with van der Waals surface area (Å²) < 4.78 is 10.4. The van der Waals surface area contributed by atoms with Crippen LogP contribution in [0.1, 0.15) is 5.56 Å². The maximum Gasteiger partial charge on any atom is 0.131 e. The van der Waals surface area contributed by atoms with Crippen molar-refractivity contribution in [3.8, 4) is 11.5 Å². The van der Waals surface area contributed by atoms with Crippen LogP contribution in [0.15, 0.2) is 24.8 Å². The fourth-order valence-corrected chi connectivity index (χ4v) is 1.28. The third-order valence-electron chi connectivity index (χ3n) is 1.97. The molecule has 0 bridgehead atoms. The van der Waals surface area contributed by atoms with Crippen LogP contribution < -0.4 is 9.47 Å². The van der Waals surface area contributed by atoms with Crippen LogP contribution in [-0.2, 0) is 0 Å². The Balaban J connectivity index is 2.48. The normalized spacial score (nSPS) is 13.9. The van der Waals surface area contributed by atoms with Crippen LogP contribution in [0.25, 0.3) is 5.57 Å².